The van der Waals surface area contributed by atoms with Crippen LogP contribution in [0.3, 0.4) is 0 Å². The van der Waals surface area contributed by atoms with E-state index in [2.05, 4.69) is 210 Å². The number of pyridine rings is 3. The summed E-state index contributed by atoms with van der Waals surface area (Å²) in [4.78, 5) is 13.8. The molecule has 0 unspecified atom stereocenters. The van der Waals surface area contributed by atoms with Gasteiger partial charge in [-0.05, 0) is 162 Å². The van der Waals surface area contributed by atoms with E-state index >= 15 is 0 Å². The highest BCUT2D eigenvalue weighted by Gasteiger charge is 2.17. The number of benzene rings is 9. The van der Waals surface area contributed by atoms with Gasteiger partial charge in [0.1, 0.15) is 0 Å². The summed E-state index contributed by atoms with van der Waals surface area (Å²) in [6.07, 6.45) is 4.87. The number of nitrogens with zero attached hydrogens (tertiary/aromatic N) is 3. The monoisotopic (exact) mass is 951 g/mol. The third-order valence-corrected chi connectivity index (χ3v) is 13.7. The van der Waals surface area contributed by atoms with E-state index in [-0.39, 0.29) is 11.1 Å². The maximum absolute atomic E-state index is 7.97. The van der Waals surface area contributed by atoms with Gasteiger partial charge in [-0.15, -0.1) is 0 Å². The number of hydrogen-bond acceptors (Lipinski definition) is 3. The van der Waals surface area contributed by atoms with Gasteiger partial charge in [-0.2, -0.15) is 0 Å². The Morgan fingerprint density at radius 2 is 0.595 bits per heavy atom. The number of aryl methyl sites for hydroxylation is 2. The van der Waals surface area contributed by atoms with Crippen LogP contribution in [0.25, 0.3) is 123 Å². The molecule has 0 radical (unpaired) electrons. The maximum atomic E-state index is 7.97. The molecule has 0 aliphatic rings. The van der Waals surface area contributed by atoms with Crippen molar-refractivity contribution in [3.63, 3.8) is 0 Å². The van der Waals surface area contributed by atoms with Gasteiger partial charge in [0.15, 0.2) is 0 Å². The molecule has 0 spiro atoms. The number of rotatable bonds is 11. The zero-order valence-corrected chi connectivity index (χ0v) is 40.3. The molecular formula is C71H51N3. The molecule has 0 atom stereocenters. The lowest BCUT2D eigenvalue weighted by molar-refractivity contribution is 1.27. The molecule has 0 bridgehead atoms. The Bertz CT molecular complexity index is 4150. The third kappa shape index (κ3) is 9.51. The van der Waals surface area contributed by atoms with Crippen molar-refractivity contribution in [1.82, 2.24) is 15.0 Å². The Kier molecular flexibility index (Phi) is 10.7. The Labute approximate surface area is 442 Å². The predicted octanol–water partition coefficient (Wildman–Crippen LogP) is 18.8. The van der Waals surface area contributed by atoms with E-state index in [1.165, 1.54) is 17.3 Å². The van der Waals surface area contributed by atoms with Crippen molar-refractivity contribution in [2.75, 3.05) is 0 Å². The summed E-state index contributed by atoms with van der Waals surface area (Å²) in [5.41, 5.74) is 22.6. The van der Waals surface area contributed by atoms with Crippen LogP contribution < -0.4 is 0 Å². The van der Waals surface area contributed by atoms with Gasteiger partial charge in [-0.1, -0.05) is 206 Å². The summed E-state index contributed by atoms with van der Waals surface area (Å²) in [5, 5.41) is 0. The van der Waals surface area contributed by atoms with Crippen molar-refractivity contribution in [1.29, 1.82) is 0 Å². The molecule has 3 aromatic heterocycles. The fourth-order valence-corrected chi connectivity index (χ4v) is 9.92. The fourth-order valence-electron chi connectivity index (χ4n) is 9.92. The molecule has 0 aliphatic carbocycles. The van der Waals surface area contributed by atoms with Crippen LogP contribution in [0, 0.1) is 13.7 Å². The molecule has 3 heterocycles. The zero-order chi connectivity index (χ0) is 54.8. The summed E-state index contributed by atoms with van der Waals surface area (Å²) < 4.78 is 47.3. The highest BCUT2D eigenvalue weighted by Crippen LogP contribution is 2.43. The highest BCUT2D eigenvalue weighted by molar-refractivity contribution is 5.94. The predicted molar refractivity (Wildman–Crippen MR) is 309 cm³/mol. The summed E-state index contributed by atoms with van der Waals surface area (Å²) in [5.74, 6) is 0. The van der Waals surface area contributed by atoms with E-state index in [4.69, 9.17) is 13.2 Å². The molecule has 0 saturated heterocycles. The quantitative estimate of drug-likeness (QED) is 0.130. The Hall–Kier alpha value is -9.57. The van der Waals surface area contributed by atoms with E-state index in [1.807, 2.05) is 36.5 Å². The summed E-state index contributed by atoms with van der Waals surface area (Å²) >= 11 is 0. The normalized spacial score (nSPS) is 12.6. The second kappa shape index (κ2) is 20.3. The lowest BCUT2D eigenvalue weighted by Gasteiger charge is -2.18. The van der Waals surface area contributed by atoms with Gasteiger partial charge in [0.2, 0.25) is 0 Å². The molecule has 350 valence electrons. The lowest BCUT2D eigenvalue weighted by atomic mass is 9.86. The smallest absolute Gasteiger partial charge is 0.0708 e. The molecular weight excluding hydrogens is 895 g/mol. The fraction of sp³-hybridized carbons (Fsp3) is 0.0282. The molecule has 0 fully saturated rings. The second-order valence-corrected chi connectivity index (χ2v) is 18.4. The first kappa shape index (κ1) is 39.1. The maximum Gasteiger partial charge on any atom is 0.0708 e. The van der Waals surface area contributed by atoms with Gasteiger partial charge in [0.25, 0.3) is 0 Å². The van der Waals surface area contributed by atoms with Crippen molar-refractivity contribution in [2.24, 2.45) is 0 Å². The molecule has 0 N–H and O–H groups in total. The van der Waals surface area contributed by atoms with Gasteiger partial charge in [0.05, 0.1) is 17.1 Å². The molecule has 3 nitrogen and oxygen atoms in total. The van der Waals surface area contributed by atoms with Gasteiger partial charge >= 0.3 is 0 Å². The molecule has 74 heavy (non-hydrogen) atoms. The average Bonchev–Trinajstić information content (AvgIpc) is 3.65. The van der Waals surface area contributed by atoms with Crippen LogP contribution in [0.1, 0.15) is 19.4 Å². The average molecular weight is 952 g/mol. The summed E-state index contributed by atoms with van der Waals surface area (Å²) in [7, 11) is 0. The van der Waals surface area contributed by atoms with Gasteiger partial charge in [-0.25, -0.2) is 0 Å². The standard InChI is InChI=1S/C71H51N3/c1-48-38-40-72-70(42-48)57-33-27-54(28-34-57)64-15-7-10-18-67(64)61-43-60(66-17-9-6-14-63(66)53-25-31-56(32-26-53)69-37-20-49(2)47-74-69)44-62(45-61)68-19-11-8-16-65(68)55-29-35-58(36-30-55)71-46-59(39-41-73-71)52-23-21-51(22-24-52)50-12-4-3-5-13-50/h3-47H,1-2H3/i1D3,2D3. The van der Waals surface area contributed by atoms with Crippen LogP contribution in [0.5, 0.6) is 0 Å². The number of hydrogen-bond donors (Lipinski definition) is 0. The number of aromatic nitrogens is 3. The van der Waals surface area contributed by atoms with Crippen molar-refractivity contribution in [2.45, 2.75) is 13.7 Å². The van der Waals surface area contributed by atoms with E-state index in [0.717, 1.165) is 100 Å². The first-order chi connectivity index (χ1) is 38.9. The SMILES string of the molecule is [2H]C([2H])([2H])c1ccc(-c2ccc(-c3ccccc3-c3cc(-c4ccccc4-c4ccc(-c5cc(-c6ccc(-c7ccccc7)cc6)ccn5)cc4)cc(-c4ccccc4-c4ccc(-c5cc(C([2H])([2H])[2H])ccn5)cc4)c3)cc2)nc1. The third-order valence-electron chi connectivity index (χ3n) is 13.7. The topological polar surface area (TPSA) is 38.7 Å². The van der Waals surface area contributed by atoms with Crippen LogP contribution >= 0.6 is 0 Å². The van der Waals surface area contributed by atoms with Crippen molar-refractivity contribution in [3.05, 3.63) is 285 Å². The van der Waals surface area contributed by atoms with Crippen LogP contribution in [-0.2, 0) is 0 Å². The second-order valence-electron chi connectivity index (χ2n) is 18.4. The molecule has 3 heteroatoms. The molecule has 12 rings (SSSR count). The summed E-state index contributed by atoms with van der Waals surface area (Å²) in [6.45, 7) is -4.46. The lowest BCUT2D eigenvalue weighted by Crippen LogP contribution is -1.92. The first-order valence-electron chi connectivity index (χ1n) is 27.7. The molecule has 0 aliphatic heterocycles. The van der Waals surface area contributed by atoms with E-state index in [0.29, 0.717) is 11.4 Å². The zero-order valence-electron chi connectivity index (χ0n) is 46.3. The summed E-state index contributed by atoms with van der Waals surface area (Å²) in [6, 6.07) is 87.4. The molecule has 0 saturated carbocycles. The Balaban J connectivity index is 0.926. The van der Waals surface area contributed by atoms with Crippen molar-refractivity contribution >= 4 is 0 Å². The molecule has 9 aromatic carbocycles. The minimum atomic E-state index is -2.24. The van der Waals surface area contributed by atoms with Gasteiger partial charge < -0.3 is 0 Å². The largest absolute Gasteiger partial charge is 0.256 e. The van der Waals surface area contributed by atoms with Crippen LogP contribution in [0.15, 0.2) is 273 Å². The molecule has 0 amide bonds. The minimum Gasteiger partial charge on any atom is -0.256 e. The van der Waals surface area contributed by atoms with Crippen molar-refractivity contribution in [3.8, 4) is 123 Å². The van der Waals surface area contributed by atoms with Gasteiger partial charge in [-0.3, -0.25) is 15.0 Å². The van der Waals surface area contributed by atoms with E-state index in [1.54, 1.807) is 30.5 Å². The van der Waals surface area contributed by atoms with Crippen LogP contribution in [-0.4, -0.2) is 15.0 Å². The highest BCUT2D eigenvalue weighted by atomic mass is 14.7. The van der Waals surface area contributed by atoms with E-state index in [9.17, 15) is 0 Å². The first-order valence-corrected chi connectivity index (χ1v) is 24.7. The van der Waals surface area contributed by atoms with Crippen LogP contribution in [0.2, 0.25) is 0 Å². The Morgan fingerprint density at radius 1 is 0.230 bits per heavy atom. The van der Waals surface area contributed by atoms with E-state index < -0.39 is 13.7 Å². The molecule has 12 aromatic rings. The Morgan fingerprint density at radius 3 is 1.04 bits per heavy atom. The van der Waals surface area contributed by atoms with Crippen LogP contribution in [0.4, 0.5) is 0 Å². The van der Waals surface area contributed by atoms with Crippen molar-refractivity contribution < 1.29 is 8.22 Å². The minimum absolute atomic E-state index is 0.208. The van der Waals surface area contributed by atoms with Gasteiger partial charge in [0, 0.05) is 43.5 Å².